The van der Waals surface area contributed by atoms with Crippen molar-refractivity contribution in [1.82, 2.24) is 0 Å². The molecule has 0 amide bonds. The number of esters is 1. The summed E-state index contributed by atoms with van der Waals surface area (Å²) < 4.78 is 11.7. The maximum Gasteiger partial charge on any atom is 0.303 e. The molecule has 0 aromatic carbocycles. The average molecular weight is 425 g/mol. The third kappa shape index (κ3) is 9.08. The van der Waals surface area contributed by atoms with Crippen molar-refractivity contribution >= 4 is 19.4 Å². The number of hydrogen-bond acceptors (Lipinski definition) is 4. The molecule has 1 rings (SSSR count). The quantitative estimate of drug-likeness (QED) is 0.176. The lowest BCUT2D eigenvalue weighted by Gasteiger charge is -2.24. The Bertz CT molecular complexity index is 543. The van der Waals surface area contributed by atoms with Crippen LogP contribution in [0.3, 0.4) is 0 Å². The van der Waals surface area contributed by atoms with E-state index in [4.69, 9.17) is 14.3 Å². The van der Waals surface area contributed by atoms with Gasteiger partial charge in [-0.15, -0.1) is 0 Å². The van der Waals surface area contributed by atoms with E-state index >= 15 is 0 Å². The molecule has 1 aromatic heterocycles. The van der Waals surface area contributed by atoms with E-state index in [1.807, 2.05) is 6.26 Å². The molecule has 29 heavy (non-hydrogen) atoms. The monoisotopic (exact) mass is 424 g/mol. The lowest BCUT2D eigenvalue weighted by molar-refractivity contribution is -0.147. The van der Waals surface area contributed by atoms with E-state index in [-0.39, 0.29) is 12.1 Å². The number of ether oxygens (including phenoxy) is 1. The maximum absolute atomic E-state index is 11.6. The van der Waals surface area contributed by atoms with Gasteiger partial charge in [-0.2, -0.15) is 0 Å². The number of hydrogen-bond donors (Lipinski definition) is 1. The largest absolute Gasteiger partial charge is 0.474 e. The van der Waals surface area contributed by atoms with Gasteiger partial charge in [0.15, 0.2) is 0 Å². The molecule has 4 nitrogen and oxygen atoms in total. The summed E-state index contributed by atoms with van der Waals surface area (Å²) in [5, 5.41) is 9.96. The van der Waals surface area contributed by atoms with Crippen molar-refractivity contribution in [3.05, 3.63) is 17.9 Å². The second-order valence-corrected chi connectivity index (χ2v) is 13.6. The Balaban J connectivity index is 2.48. The molecule has 1 heterocycles. The summed E-state index contributed by atoms with van der Waals surface area (Å²) >= 11 is 0. The zero-order valence-corrected chi connectivity index (χ0v) is 20.3. The fourth-order valence-electron chi connectivity index (χ4n) is 4.24. The van der Waals surface area contributed by atoms with Crippen molar-refractivity contribution < 1.29 is 19.1 Å². The van der Waals surface area contributed by atoms with Crippen LogP contribution in [0.25, 0.3) is 0 Å². The molecule has 1 aromatic rings. The standard InChI is InChI=1S/C24H44O4Si/c1-5-29(6-2,7-3)24-19-22(20-27-24)23(28-21(4)26)17-15-13-11-9-8-10-12-14-16-18-25/h19-20,23,25H,5-18H2,1-4H3. The first-order chi connectivity index (χ1) is 14.0. The van der Waals surface area contributed by atoms with Crippen LogP contribution in [0, 0.1) is 0 Å². The molecule has 1 unspecified atom stereocenters. The van der Waals surface area contributed by atoms with Crippen LogP contribution < -0.4 is 5.38 Å². The molecular formula is C24H44O4Si. The minimum absolute atomic E-state index is 0.180. The summed E-state index contributed by atoms with van der Waals surface area (Å²) in [5.41, 5.74) is 1.03. The smallest absolute Gasteiger partial charge is 0.303 e. The summed E-state index contributed by atoms with van der Waals surface area (Å²) in [6.07, 6.45) is 13.1. The predicted molar refractivity (Wildman–Crippen MR) is 123 cm³/mol. The van der Waals surface area contributed by atoms with Gasteiger partial charge in [-0.05, 0) is 25.3 Å². The highest BCUT2D eigenvalue weighted by Gasteiger charge is 2.33. The molecule has 1 atom stereocenters. The summed E-state index contributed by atoms with van der Waals surface area (Å²) in [5.74, 6) is -0.217. The van der Waals surface area contributed by atoms with Crippen molar-refractivity contribution in [2.24, 2.45) is 0 Å². The number of carbonyl (C=O) groups is 1. The molecule has 0 aliphatic heterocycles. The number of furan rings is 1. The molecule has 1 N–H and O–H groups in total. The maximum atomic E-state index is 11.6. The third-order valence-electron chi connectivity index (χ3n) is 6.48. The van der Waals surface area contributed by atoms with E-state index in [9.17, 15) is 4.79 Å². The van der Waals surface area contributed by atoms with E-state index in [1.165, 1.54) is 69.0 Å². The van der Waals surface area contributed by atoms with Gasteiger partial charge in [-0.3, -0.25) is 4.79 Å². The Kier molecular flexibility index (Phi) is 13.3. The van der Waals surface area contributed by atoms with Gasteiger partial charge in [0, 0.05) is 19.1 Å². The summed E-state index contributed by atoms with van der Waals surface area (Å²) in [6.45, 7) is 8.64. The van der Waals surface area contributed by atoms with Crippen molar-refractivity contribution in [3.63, 3.8) is 0 Å². The van der Waals surface area contributed by atoms with Gasteiger partial charge in [-0.25, -0.2) is 0 Å². The number of aliphatic hydroxyl groups excluding tert-OH is 1. The van der Waals surface area contributed by atoms with Crippen molar-refractivity contribution in [2.45, 2.75) is 116 Å². The highest BCUT2D eigenvalue weighted by molar-refractivity contribution is 6.90. The van der Waals surface area contributed by atoms with Crippen LogP contribution in [0.15, 0.2) is 16.7 Å². The van der Waals surface area contributed by atoms with Crippen molar-refractivity contribution in [1.29, 1.82) is 0 Å². The van der Waals surface area contributed by atoms with Crippen molar-refractivity contribution in [3.8, 4) is 0 Å². The second-order valence-electron chi connectivity index (χ2n) is 8.38. The molecule has 0 fully saturated rings. The van der Waals surface area contributed by atoms with Gasteiger partial charge in [0.25, 0.3) is 0 Å². The number of carbonyl (C=O) groups excluding carboxylic acids is 1. The second kappa shape index (κ2) is 14.8. The minimum Gasteiger partial charge on any atom is -0.474 e. The van der Waals surface area contributed by atoms with Crippen LogP contribution in [0.1, 0.15) is 104 Å². The van der Waals surface area contributed by atoms with E-state index < -0.39 is 8.07 Å². The highest BCUT2D eigenvalue weighted by atomic mass is 28.3. The van der Waals surface area contributed by atoms with Gasteiger partial charge in [0.2, 0.25) is 0 Å². The van der Waals surface area contributed by atoms with Gasteiger partial charge < -0.3 is 14.3 Å². The molecule has 168 valence electrons. The SMILES string of the molecule is CC[Si](CC)(CC)c1cc(C(CCCCCCCCCCCO)OC(C)=O)co1. The first kappa shape index (κ1) is 26.0. The summed E-state index contributed by atoms with van der Waals surface area (Å²) in [7, 11) is -1.54. The fourth-order valence-corrected chi connectivity index (χ4v) is 7.57. The zero-order chi connectivity index (χ0) is 21.5. The first-order valence-corrected chi connectivity index (χ1v) is 14.5. The fraction of sp³-hybridized carbons (Fsp3) is 0.792. The van der Waals surface area contributed by atoms with Gasteiger partial charge >= 0.3 is 5.97 Å². The molecule has 0 saturated heterocycles. The Morgan fingerprint density at radius 1 is 0.966 bits per heavy atom. The van der Waals surface area contributed by atoms with E-state index in [0.717, 1.165) is 31.2 Å². The molecule has 0 bridgehead atoms. The van der Waals surface area contributed by atoms with E-state index in [0.29, 0.717) is 6.61 Å². The summed E-state index contributed by atoms with van der Waals surface area (Å²) in [4.78, 5) is 11.6. The normalized spacial score (nSPS) is 12.9. The van der Waals surface area contributed by atoms with Gasteiger partial charge in [0.1, 0.15) is 14.2 Å². The highest BCUT2D eigenvalue weighted by Crippen LogP contribution is 2.28. The summed E-state index contributed by atoms with van der Waals surface area (Å²) in [6, 6.07) is 5.74. The van der Waals surface area contributed by atoms with E-state index in [1.54, 1.807) is 0 Å². The topological polar surface area (TPSA) is 59.7 Å². The molecule has 0 spiro atoms. The lowest BCUT2D eigenvalue weighted by atomic mass is 10.0. The van der Waals surface area contributed by atoms with Crippen LogP contribution in [-0.2, 0) is 9.53 Å². The van der Waals surface area contributed by atoms with Crippen LogP contribution in [0.5, 0.6) is 0 Å². The zero-order valence-electron chi connectivity index (χ0n) is 19.3. The Morgan fingerprint density at radius 2 is 1.48 bits per heavy atom. The van der Waals surface area contributed by atoms with Crippen LogP contribution in [0.4, 0.5) is 0 Å². The Morgan fingerprint density at radius 3 is 1.97 bits per heavy atom. The molecule has 0 saturated carbocycles. The van der Waals surface area contributed by atoms with Crippen LogP contribution in [-0.4, -0.2) is 25.8 Å². The number of rotatable bonds is 17. The molecular weight excluding hydrogens is 380 g/mol. The van der Waals surface area contributed by atoms with Crippen LogP contribution >= 0.6 is 0 Å². The lowest BCUT2D eigenvalue weighted by Crippen LogP contribution is -2.44. The molecule has 0 aliphatic rings. The van der Waals surface area contributed by atoms with Gasteiger partial charge in [0.05, 0.1) is 11.6 Å². The van der Waals surface area contributed by atoms with E-state index in [2.05, 4.69) is 26.8 Å². The number of unbranched alkanes of at least 4 members (excludes halogenated alkanes) is 8. The third-order valence-corrected chi connectivity index (χ3v) is 11.8. The van der Waals surface area contributed by atoms with Gasteiger partial charge in [-0.1, -0.05) is 83.8 Å². The minimum atomic E-state index is -1.54. The molecule has 5 heteroatoms. The Hall–Kier alpha value is -1.07. The average Bonchev–Trinajstić information content (AvgIpc) is 3.20. The van der Waals surface area contributed by atoms with Crippen LogP contribution in [0.2, 0.25) is 18.1 Å². The van der Waals surface area contributed by atoms with Crippen molar-refractivity contribution in [2.75, 3.05) is 6.61 Å². The predicted octanol–water partition coefficient (Wildman–Crippen LogP) is 6.49. The first-order valence-electron chi connectivity index (χ1n) is 11.9. The molecule has 0 aliphatic carbocycles. The molecule has 0 radical (unpaired) electrons. The Labute approximate surface area is 179 Å². The number of aliphatic hydroxyl groups is 1.